The van der Waals surface area contributed by atoms with Gasteiger partial charge >= 0.3 is 0 Å². The van der Waals surface area contributed by atoms with Crippen molar-refractivity contribution in [3.63, 3.8) is 0 Å². The van der Waals surface area contributed by atoms with Gasteiger partial charge in [-0.25, -0.2) is 0 Å². The highest BCUT2D eigenvalue weighted by Gasteiger charge is 2.43. The summed E-state index contributed by atoms with van der Waals surface area (Å²) in [7, 11) is 0. The van der Waals surface area contributed by atoms with E-state index in [0.717, 1.165) is 25.0 Å². The maximum atomic E-state index is 5.92. The van der Waals surface area contributed by atoms with Gasteiger partial charge in [0, 0.05) is 24.9 Å². The molecule has 2 aliphatic rings. The summed E-state index contributed by atoms with van der Waals surface area (Å²) in [5.41, 5.74) is 6.92. The number of nitrogens with two attached hydrogens (primary N) is 1. The second-order valence-corrected chi connectivity index (χ2v) is 5.06. The Kier molecular flexibility index (Phi) is 2.48. The van der Waals surface area contributed by atoms with Crippen molar-refractivity contribution in [1.82, 2.24) is 9.78 Å². The van der Waals surface area contributed by atoms with Crippen molar-refractivity contribution >= 4 is 0 Å². The molecule has 1 aromatic rings. The summed E-state index contributed by atoms with van der Waals surface area (Å²) in [5, 5.41) is 4.42. The first-order chi connectivity index (χ1) is 7.81. The van der Waals surface area contributed by atoms with E-state index in [1.807, 2.05) is 6.20 Å². The van der Waals surface area contributed by atoms with E-state index in [2.05, 4.69) is 16.0 Å². The lowest BCUT2D eigenvalue weighted by molar-refractivity contribution is -0.141. The molecule has 4 heteroatoms. The molecule has 0 bridgehead atoms. The summed E-state index contributed by atoms with van der Waals surface area (Å²) < 4.78 is 8.01. The smallest absolute Gasteiger partial charge is 0.0703 e. The van der Waals surface area contributed by atoms with Crippen molar-refractivity contribution in [2.75, 3.05) is 6.61 Å². The zero-order valence-corrected chi connectivity index (χ0v) is 9.56. The van der Waals surface area contributed by atoms with Crippen LogP contribution in [0.5, 0.6) is 0 Å². The highest BCUT2D eigenvalue weighted by atomic mass is 16.5. The van der Waals surface area contributed by atoms with Crippen LogP contribution in [-0.4, -0.2) is 22.0 Å². The number of hydrogen-bond donors (Lipinski definition) is 1. The van der Waals surface area contributed by atoms with Gasteiger partial charge in [-0.15, -0.1) is 0 Å². The fourth-order valence-corrected chi connectivity index (χ4v) is 2.83. The first kappa shape index (κ1) is 10.3. The topological polar surface area (TPSA) is 53.1 Å². The predicted molar refractivity (Wildman–Crippen MR) is 60.9 cm³/mol. The maximum absolute atomic E-state index is 5.92. The Labute approximate surface area is 95.8 Å². The zero-order valence-electron chi connectivity index (χ0n) is 9.56. The molecule has 2 fully saturated rings. The van der Waals surface area contributed by atoms with Gasteiger partial charge in [-0.05, 0) is 32.1 Å². The average Bonchev–Trinajstić information content (AvgIpc) is 2.76. The standard InChI is InChI=1S/C12H19N3O/c13-7-10-8-14-15(9-10)11-2-5-16-12(6-11)3-1-4-12/h8-9,11H,1-7,13H2. The summed E-state index contributed by atoms with van der Waals surface area (Å²) in [6.45, 7) is 1.46. The Hall–Kier alpha value is -0.870. The van der Waals surface area contributed by atoms with Crippen LogP contribution in [0, 0.1) is 0 Å². The molecule has 0 aromatic carbocycles. The van der Waals surface area contributed by atoms with Gasteiger partial charge in [0.15, 0.2) is 0 Å². The molecule has 88 valence electrons. The van der Waals surface area contributed by atoms with Gasteiger partial charge in [0.05, 0.1) is 17.8 Å². The highest BCUT2D eigenvalue weighted by molar-refractivity contribution is 5.05. The summed E-state index contributed by atoms with van der Waals surface area (Å²) in [5.74, 6) is 0. The van der Waals surface area contributed by atoms with Crippen LogP contribution in [0.1, 0.15) is 43.7 Å². The second-order valence-electron chi connectivity index (χ2n) is 5.06. The van der Waals surface area contributed by atoms with Gasteiger partial charge in [0.25, 0.3) is 0 Å². The SMILES string of the molecule is NCc1cnn(C2CCOC3(CCC3)C2)c1. The Bertz CT molecular complexity index is 370. The molecule has 1 aromatic heterocycles. The van der Waals surface area contributed by atoms with Crippen molar-refractivity contribution in [2.24, 2.45) is 5.73 Å². The Morgan fingerprint density at radius 2 is 2.44 bits per heavy atom. The van der Waals surface area contributed by atoms with Gasteiger partial charge in [-0.1, -0.05) is 0 Å². The van der Waals surface area contributed by atoms with E-state index < -0.39 is 0 Å². The molecule has 2 N–H and O–H groups in total. The summed E-state index contributed by atoms with van der Waals surface area (Å²) >= 11 is 0. The van der Waals surface area contributed by atoms with Crippen LogP contribution in [0.4, 0.5) is 0 Å². The number of nitrogens with zero attached hydrogens (tertiary/aromatic N) is 2. The van der Waals surface area contributed by atoms with Crippen LogP contribution in [0.15, 0.2) is 12.4 Å². The molecule has 1 aliphatic heterocycles. The van der Waals surface area contributed by atoms with Gasteiger partial charge in [-0.2, -0.15) is 5.10 Å². The van der Waals surface area contributed by atoms with Crippen molar-refractivity contribution in [1.29, 1.82) is 0 Å². The molecule has 4 nitrogen and oxygen atoms in total. The fraction of sp³-hybridized carbons (Fsp3) is 0.750. The first-order valence-electron chi connectivity index (χ1n) is 6.18. The monoisotopic (exact) mass is 221 g/mol. The molecule has 1 atom stereocenters. The number of aromatic nitrogens is 2. The number of hydrogen-bond acceptors (Lipinski definition) is 3. The molecule has 1 aliphatic carbocycles. The van der Waals surface area contributed by atoms with Crippen molar-refractivity contribution in [3.8, 4) is 0 Å². The quantitative estimate of drug-likeness (QED) is 0.825. The molecule has 1 unspecified atom stereocenters. The summed E-state index contributed by atoms with van der Waals surface area (Å²) in [4.78, 5) is 0. The summed E-state index contributed by atoms with van der Waals surface area (Å²) in [6, 6.07) is 0.509. The van der Waals surface area contributed by atoms with Crippen LogP contribution in [-0.2, 0) is 11.3 Å². The maximum Gasteiger partial charge on any atom is 0.0703 e. The lowest BCUT2D eigenvalue weighted by atomic mass is 9.74. The largest absolute Gasteiger partial charge is 0.375 e. The molecule has 3 rings (SSSR count). The van der Waals surface area contributed by atoms with E-state index in [1.54, 1.807) is 0 Å². The van der Waals surface area contributed by atoms with Crippen molar-refractivity contribution in [3.05, 3.63) is 18.0 Å². The molecule has 16 heavy (non-hydrogen) atoms. The minimum Gasteiger partial charge on any atom is -0.375 e. The lowest BCUT2D eigenvalue weighted by Gasteiger charge is -2.47. The molecule has 0 amide bonds. The molecule has 1 saturated carbocycles. The Balaban J connectivity index is 1.74. The predicted octanol–water partition coefficient (Wildman–Crippen LogP) is 1.62. The average molecular weight is 221 g/mol. The van der Waals surface area contributed by atoms with Crippen LogP contribution in [0.3, 0.4) is 0 Å². The van der Waals surface area contributed by atoms with E-state index in [9.17, 15) is 0 Å². The normalized spacial score (nSPS) is 27.9. The van der Waals surface area contributed by atoms with Crippen LogP contribution in [0.2, 0.25) is 0 Å². The molecule has 0 radical (unpaired) electrons. The van der Waals surface area contributed by atoms with E-state index in [1.165, 1.54) is 19.3 Å². The Morgan fingerprint density at radius 3 is 3.06 bits per heavy atom. The first-order valence-corrected chi connectivity index (χ1v) is 6.18. The third-order valence-corrected chi connectivity index (χ3v) is 4.00. The molecular formula is C12H19N3O. The van der Waals surface area contributed by atoms with Gasteiger partial charge in [0.2, 0.25) is 0 Å². The van der Waals surface area contributed by atoms with Gasteiger partial charge in [-0.3, -0.25) is 4.68 Å². The Morgan fingerprint density at radius 1 is 1.56 bits per heavy atom. The number of rotatable bonds is 2. The van der Waals surface area contributed by atoms with Gasteiger partial charge in [0.1, 0.15) is 0 Å². The van der Waals surface area contributed by atoms with E-state index >= 15 is 0 Å². The van der Waals surface area contributed by atoms with Crippen molar-refractivity contribution in [2.45, 2.75) is 50.3 Å². The summed E-state index contributed by atoms with van der Waals surface area (Å²) in [6.07, 6.45) is 9.94. The number of ether oxygens (including phenoxy) is 1. The van der Waals surface area contributed by atoms with Crippen LogP contribution >= 0.6 is 0 Å². The molecule has 2 heterocycles. The zero-order chi connectivity index (χ0) is 11.0. The third kappa shape index (κ3) is 1.66. The second kappa shape index (κ2) is 3.86. The molecule has 1 saturated heterocycles. The van der Waals surface area contributed by atoms with Gasteiger partial charge < -0.3 is 10.5 Å². The van der Waals surface area contributed by atoms with E-state index in [-0.39, 0.29) is 5.60 Å². The molecular weight excluding hydrogens is 202 g/mol. The lowest BCUT2D eigenvalue weighted by Crippen LogP contribution is -2.46. The van der Waals surface area contributed by atoms with E-state index in [0.29, 0.717) is 12.6 Å². The minimum absolute atomic E-state index is 0.192. The third-order valence-electron chi connectivity index (χ3n) is 4.00. The highest BCUT2D eigenvalue weighted by Crippen LogP contribution is 2.45. The van der Waals surface area contributed by atoms with Crippen LogP contribution in [0.25, 0.3) is 0 Å². The minimum atomic E-state index is 0.192. The molecule has 1 spiro atoms. The fourth-order valence-electron chi connectivity index (χ4n) is 2.83. The van der Waals surface area contributed by atoms with Crippen molar-refractivity contribution < 1.29 is 4.74 Å². The van der Waals surface area contributed by atoms with E-state index in [4.69, 9.17) is 10.5 Å². The van der Waals surface area contributed by atoms with Crippen LogP contribution < -0.4 is 5.73 Å².